The number of hydrogen-bond donors (Lipinski definition) is 1. The van der Waals surface area contributed by atoms with Crippen LogP contribution in [-0.2, 0) is 38.8 Å². The van der Waals surface area contributed by atoms with Crippen molar-refractivity contribution in [2.24, 2.45) is 0 Å². The summed E-state index contributed by atoms with van der Waals surface area (Å²) in [7, 11) is 0. The summed E-state index contributed by atoms with van der Waals surface area (Å²) in [4.78, 5) is 1.04. The zero-order valence-corrected chi connectivity index (χ0v) is 22.6. The Kier molecular flexibility index (Phi) is 10.2. The highest BCUT2D eigenvalue weighted by Gasteiger charge is 2.47. The Morgan fingerprint density at radius 3 is 1.59 bits per heavy atom. The Morgan fingerprint density at radius 2 is 1.05 bits per heavy atom. The van der Waals surface area contributed by atoms with Gasteiger partial charge in [0, 0.05) is 4.90 Å². The van der Waals surface area contributed by atoms with Crippen LogP contribution >= 0.6 is 11.8 Å². The average Bonchev–Trinajstić information content (AvgIpc) is 2.99. The smallest absolute Gasteiger partial charge is 0.137 e. The molecule has 5 nitrogen and oxygen atoms in total. The van der Waals surface area contributed by atoms with E-state index in [1.54, 1.807) is 11.8 Å². The maximum atomic E-state index is 11.7. The molecular formula is C33H34O5S. The van der Waals surface area contributed by atoms with Gasteiger partial charge in [-0.2, -0.15) is 0 Å². The van der Waals surface area contributed by atoms with Gasteiger partial charge in [-0.3, -0.25) is 0 Å². The van der Waals surface area contributed by atoms with E-state index >= 15 is 0 Å². The topological polar surface area (TPSA) is 57.2 Å². The summed E-state index contributed by atoms with van der Waals surface area (Å²) in [5.41, 5.74) is 2.68. The van der Waals surface area contributed by atoms with E-state index in [1.165, 1.54) is 0 Å². The maximum absolute atomic E-state index is 11.7. The van der Waals surface area contributed by atoms with Crippen molar-refractivity contribution < 1.29 is 24.1 Å². The largest absolute Gasteiger partial charge is 0.387 e. The molecule has 1 aliphatic rings. The highest BCUT2D eigenvalue weighted by atomic mass is 32.2. The molecule has 0 amide bonds. The van der Waals surface area contributed by atoms with Gasteiger partial charge < -0.3 is 24.1 Å². The van der Waals surface area contributed by atoms with Gasteiger partial charge in [0.15, 0.2) is 0 Å². The third kappa shape index (κ3) is 8.02. The van der Waals surface area contributed by atoms with E-state index < -0.39 is 29.9 Å². The van der Waals surface area contributed by atoms with Gasteiger partial charge in [0.05, 0.1) is 26.4 Å². The molecule has 4 aromatic carbocycles. The minimum Gasteiger partial charge on any atom is -0.387 e. The number of hydrogen-bond acceptors (Lipinski definition) is 6. The van der Waals surface area contributed by atoms with Gasteiger partial charge in [0.2, 0.25) is 0 Å². The van der Waals surface area contributed by atoms with Crippen LogP contribution in [0.5, 0.6) is 0 Å². The van der Waals surface area contributed by atoms with E-state index in [0.29, 0.717) is 19.8 Å². The lowest BCUT2D eigenvalue weighted by atomic mass is 9.99. The molecule has 6 heteroatoms. The van der Waals surface area contributed by atoms with Crippen molar-refractivity contribution in [3.05, 3.63) is 138 Å². The van der Waals surface area contributed by atoms with Crippen LogP contribution in [0.2, 0.25) is 0 Å². The van der Waals surface area contributed by atoms with Crippen LogP contribution < -0.4 is 0 Å². The first-order valence-electron chi connectivity index (χ1n) is 13.2. The zero-order chi connectivity index (χ0) is 26.7. The number of aliphatic hydroxyl groups is 1. The van der Waals surface area contributed by atoms with Crippen LogP contribution in [0, 0.1) is 0 Å². The fraction of sp³-hybridized carbons (Fsp3) is 0.273. The number of aliphatic hydroxyl groups excluding tert-OH is 1. The second-order valence-electron chi connectivity index (χ2n) is 9.49. The Balaban J connectivity index is 1.35. The summed E-state index contributed by atoms with van der Waals surface area (Å²) in [6, 6.07) is 40.0. The van der Waals surface area contributed by atoms with Gasteiger partial charge in [-0.1, -0.05) is 121 Å². The molecule has 0 aliphatic carbocycles. The standard InChI is InChI=1S/C33H34O5S/c34-30-31(36-22-26-15-7-2-8-16-26)29(24-35-21-25-13-5-1-6-14-25)38-33(39-28-19-11-4-12-20-28)32(30)37-23-27-17-9-3-10-18-27/h1-20,29-34H,21-24H2. The van der Waals surface area contributed by atoms with Gasteiger partial charge in [-0.15, -0.1) is 0 Å². The summed E-state index contributed by atoms with van der Waals surface area (Å²) >= 11 is 1.54. The lowest BCUT2D eigenvalue weighted by molar-refractivity contribution is -0.240. The molecule has 0 bridgehead atoms. The Labute approximate surface area is 234 Å². The number of rotatable bonds is 12. The highest BCUT2D eigenvalue weighted by Crippen LogP contribution is 2.36. The zero-order valence-electron chi connectivity index (χ0n) is 21.8. The molecule has 1 aliphatic heterocycles. The summed E-state index contributed by atoms with van der Waals surface area (Å²) in [5, 5.41) is 11.7. The van der Waals surface area contributed by atoms with E-state index in [2.05, 4.69) is 0 Å². The fourth-order valence-corrected chi connectivity index (χ4v) is 5.70. The van der Waals surface area contributed by atoms with Crippen molar-refractivity contribution >= 4 is 11.8 Å². The van der Waals surface area contributed by atoms with Gasteiger partial charge >= 0.3 is 0 Å². The van der Waals surface area contributed by atoms with Crippen LogP contribution in [-0.4, -0.2) is 41.6 Å². The van der Waals surface area contributed by atoms with Crippen molar-refractivity contribution in [2.75, 3.05) is 6.61 Å². The van der Waals surface area contributed by atoms with Crippen molar-refractivity contribution in [1.29, 1.82) is 0 Å². The molecule has 0 aromatic heterocycles. The molecule has 1 heterocycles. The quantitative estimate of drug-likeness (QED) is 0.228. The van der Waals surface area contributed by atoms with Gasteiger partial charge in [0.1, 0.15) is 29.9 Å². The molecule has 5 unspecified atom stereocenters. The molecule has 4 aromatic rings. The van der Waals surface area contributed by atoms with Crippen molar-refractivity contribution in [3.8, 4) is 0 Å². The third-order valence-electron chi connectivity index (χ3n) is 6.58. The van der Waals surface area contributed by atoms with Crippen molar-refractivity contribution in [2.45, 2.75) is 54.6 Å². The second-order valence-corrected chi connectivity index (χ2v) is 10.7. The van der Waals surface area contributed by atoms with Crippen molar-refractivity contribution in [3.63, 3.8) is 0 Å². The first-order chi connectivity index (χ1) is 19.3. The summed E-state index contributed by atoms with van der Waals surface area (Å²) in [6.45, 7) is 1.44. The van der Waals surface area contributed by atoms with Gasteiger partial charge in [-0.05, 0) is 28.8 Å². The molecular weight excluding hydrogens is 508 g/mol. The van der Waals surface area contributed by atoms with E-state index in [4.69, 9.17) is 18.9 Å². The molecule has 5 rings (SSSR count). The normalized spacial score (nSPS) is 22.9. The van der Waals surface area contributed by atoms with E-state index in [0.717, 1.165) is 21.6 Å². The third-order valence-corrected chi connectivity index (χ3v) is 7.73. The maximum Gasteiger partial charge on any atom is 0.137 e. The summed E-state index contributed by atoms with van der Waals surface area (Å²) in [5.74, 6) is 0. The van der Waals surface area contributed by atoms with Crippen molar-refractivity contribution in [1.82, 2.24) is 0 Å². The Bertz CT molecular complexity index is 1220. The van der Waals surface area contributed by atoms with Crippen LogP contribution in [0.3, 0.4) is 0 Å². The molecule has 1 N–H and O–H groups in total. The lowest BCUT2D eigenvalue weighted by Gasteiger charge is -2.44. The molecule has 202 valence electrons. The van der Waals surface area contributed by atoms with Crippen LogP contribution in [0.1, 0.15) is 16.7 Å². The summed E-state index contributed by atoms with van der Waals surface area (Å²) in [6.07, 6.45) is -2.64. The van der Waals surface area contributed by atoms with Gasteiger partial charge in [0.25, 0.3) is 0 Å². The van der Waals surface area contributed by atoms with E-state index in [-0.39, 0.29) is 6.61 Å². The lowest BCUT2D eigenvalue weighted by Crippen LogP contribution is -2.59. The predicted molar refractivity (Wildman–Crippen MR) is 153 cm³/mol. The average molecular weight is 543 g/mol. The first-order valence-corrected chi connectivity index (χ1v) is 14.1. The van der Waals surface area contributed by atoms with Gasteiger partial charge in [-0.25, -0.2) is 0 Å². The highest BCUT2D eigenvalue weighted by molar-refractivity contribution is 7.99. The number of ether oxygens (including phenoxy) is 4. The van der Waals surface area contributed by atoms with Crippen LogP contribution in [0.4, 0.5) is 0 Å². The minimum atomic E-state index is -0.919. The molecule has 0 spiro atoms. The molecule has 0 radical (unpaired) electrons. The minimum absolute atomic E-state index is 0.280. The molecule has 1 fully saturated rings. The Hall–Kier alpha value is -2.97. The molecule has 39 heavy (non-hydrogen) atoms. The first kappa shape index (κ1) is 27.6. The predicted octanol–water partition coefficient (Wildman–Crippen LogP) is 6.25. The molecule has 5 atom stereocenters. The fourth-order valence-electron chi connectivity index (χ4n) is 4.54. The monoisotopic (exact) mass is 542 g/mol. The number of thioether (sulfide) groups is 1. The van der Waals surface area contributed by atoms with E-state index in [1.807, 2.05) is 121 Å². The molecule has 1 saturated heterocycles. The second kappa shape index (κ2) is 14.4. The molecule has 0 saturated carbocycles. The van der Waals surface area contributed by atoms with E-state index in [9.17, 15) is 5.11 Å². The van der Waals surface area contributed by atoms with Crippen LogP contribution in [0.25, 0.3) is 0 Å². The number of benzene rings is 4. The summed E-state index contributed by atoms with van der Waals surface area (Å²) < 4.78 is 25.4. The Morgan fingerprint density at radius 1 is 0.590 bits per heavy atom. The van der Waals surface area contributed by atoms with Crippen LogP contribution in [0.15, 0.2) is 126 Å². The SMILES string of the molecule is OC1C(OCc2ccccc2)C(COCc2ccccc2)OC(Sc2ccccc2)C1OCc1ccccc1.